The molecule has 2 fully saturated rings. The molecule has 1 aromatic heterocycles. The highest BCUT2D eigenvalue weighted by atomic mass is 19.3. The molecular weight excluding hydrogens is 390 g/mol. The third kappa shape index (κ3) is 3.49. The number of urea groups is 1. The van der Waals surface area contributed by atoms with Crippen molar-refractivity contribution in [3.63, 3.8) is 0 Å². The number of ether oxygens (including phenoxy) is 1. The normalized spacial score (nSPS) is 22.1. The minimum atomic E-state index is -2.86. The fourth-order valence-corrected chi connectivity index (χ4v) is 4.39. The Morgan fingerprint density at radius 1 is 1.10 bits per heavy atom. The number of hydrogen-bond acceptors (Lipinski definition) is 4. The predicted octanol–water partition coefficient (Wildman–Crippen LogP) is 4.09. The molecule has 1 saturated carbocycles. The number of piperidine rings is 1. The summed E-state index contributed by atoms with van der Waals surface area (Å²) in [7, 11) is 0. The molecule has 3 aromatic rings. The Morgan fingerprint density at radius 2 is 1.90 bits per heavy atom. The molecule has 0 radical (unpaired) electrons. The van der Waals surface area contributed by atoms with Crippen LogP contribution in [0.4, 0.5) is 25.0 Å². The molecule has 2 aliphatic rings. The summed E-state index contributed by atoms with van der Waals surface area (Å²) < 4.78 is 30.0. The largest absolute Gasteiger partial charge is 0.433 e. The Bertz CT molecular complexity index is 1080. The second kappa shape index (κ2) is 7.44. The summed E-state index contributed by atoms with van der Waals surface area (Å²) in [4.78, 5) is 18.7. The fraction of sp³-hybridized carbons (Fsp3) is 0.273. The molecule has 6 nitrogen and oxygen atoms in total. The van der Waals surface area contributed by atoms with Crippen LogP contribution in [-0.4, -0.2) is 36.8 Å². The number of alkyl halides is 2. The molecule has 0 spiro atoms. The first-order valence-electron chi connectivity index (χ1n) is 9.79. The summed E-state index contributed by atoms with van der Waals surface area (Å²) in [6.07, 6.45) is 3.45. The Balaban J connectivity index is 1.20. The van der Waals surface area contributed by atoms with Gasteiger partial charge in [0.15, 0.2) is 0 Å². The number of carbonyl (C=O) groups excluding carboxylic acids is 1. The first-order chi connectivity index (χ1) is 14.6. The second-order valence-electron chi connectivity index (χ2n) is 7.61. The van der Waals surface area contributed by atoms with Gasteiger partial charge in [-0.25, -0.2) is 4.79 Å². The molecule has 5 rings (SSSR count). The summed E-state index contributed by atoms with van der Waals surface area (Å²) in [6, 6.07) is 14.2. The molecule has 1 saturated heterocycles. The molecule has 2 N–H and O–H groups in total. The maximum atomic E-state index is 12.7. The highest BCUT2D eigenvalue weighted by Crippen LogP contribution is 2.48. The van der Waals surface area contributed by atoms with Crippen molar-refractivity contribution in [2.24, 2.45) is 11.8 Å². The lowest BCUT2D eigenvalue weighted by molar-refractivity contribution is -0.0495. The van der Waals surface area contributed by atoms with Crippen LogP contribution in [0, 0.1) is 11.8 Å². The van der Waals surface area contributed by atoms with Gasteiger partial charge in [-0.1, -0.05) is 24.3 Å². The number of hydrogen-bond donors (Lipinski definition) is 2. The molecule has 154 valence electrons. The van der Waals surface area contributed by atoms with E-state index in [9.17, 15) is 13.6 Å². The van der Waals surface area contributed by atoms with E-state index in [1.54, 1.807) is 36.7 Å². The average Bonchev–Trinajstić information content (AvgIpc) is 3.17. The molecule has 1 aliphatic heterocycles. The second-order valence-corrected chi connectivity index (χ2v) is 7.61. The minimum Gasteiger partial charge on any atom is -0.433 e. The summed E-state index contributed by atoms with van der Waals surface area (Å²) in [6.45, 7) is -1.47. The van der Waals surface area contributed by atoms with Gasteiger partial charge in [0, 0.05) is 54.1 Å². The lowest BCUT2D eigenvalue weighted by Crippen LogP contribution is -2.37. The SMILES string of the molecule is O=C(Nc1cccc2cnccc12)NC1C2CN(c3ccccc3OC(F)F)CC21. The van der Waals surface area contributed by atoms with Crippen LogP contribution < -0.4 is 20.3 Å². The number of rotatable bonds is 5. The summed E-state index contributed by atoms with van der Waals surface area (Å²) in [5, 5.41) is 7.86. The fourth-order valence-electron chi connectivity index (χ4n) is 4.39. The number of benzene rings is 2. The zero-order chi connectivity index (χ0) is 20.7. The number of aromatic nitrogens is 1. The molecule has 2 unspecified atom stereocenters. The molecule has 2 atom stereocenters. The van der Waals surface area contributed by atoms with Crippen molar-refractivity contribution in [2.45, 2.75) is 12.7 Å². The third-order valence-corrected chi connectivity index (χ3v) is 5.84. The maximum absolute atomic E-state index is 12.7. The number of nitrogens with one attached hydrogen (secondary N) is 2. The number of nitrogens with zero attached hydrogens (tertiary/aromatic N) is 2. The van der Waals surface area contributed by atoms with Crippen LogP contribution in [0.15, 0.2) is 60.9 Å². The molecule has 1 aliphatic carbocycles. The first-order valence-corrected chi connectivity index (χ1v) is 9.79. The number of amides is 2. The van der Waals surface area contributed by atoms with Gasteiger partial charge in [-0.2, -0.15) is 8.78 Å². The topological polar surface area (TPSA) is 66.5 Å². The monoisotopic (exact) mass is 410 g/mol. The van der Waals surface area contributed by atoms with Crippen molar-refractivity contribution >= 4 is 28.2 Å². The van der Waals surface area contributed by atoms with Crippen molar-refractivity contribution < 1.29 is 18.3 Å². The van der Waals surface area contributed by atoms with E-state index in [0.29, 0.717) is 30.6 Å². The Hall–Kier alpha value is -3.42. The standard InChI is InChI=1S/C22H20F2N4O2/c23-21(24)30-19-7-2-1-6-18(19)28-11-15-16(12-28)20(15)27-22(29)26-17-5-3-4-13-10-25-9-8-14(13)17/h1-10,15-16,20-21H,11-12H2,(H2,26,27,29). The van der Waals surface area contributed by atoms with Gasteiger partial charge in [0.1, 0.15) is 5.75 Å². The highest BCUT2D eigenvalue weighted by Gasteiger charge is 2.56. The van der Waals surface area contributed by atoms with Crippen LogP contribution >= 0.6 is 0 Å². The van der Waals surface area contributed by atoms with E-state index in [4.69, 9.17) is 0 Å². The number of fused-ring (bicyclic) bond motifs is 2. The van der Waals surface area contributed by atoms with Gasteiger partial charge in [-0.05, 0) is 24.3 Å². The molecule has 2 heterocycles. The Labute approximate surface area is 171 Å². The first kappa shape index (κ1) is 18.6. The molecule has 2 amide bonds. The molecule has 2 aromatic carbocycles. The zero-order valence-corrected chi connectivity index (χ0v) is 16.0. The predicted molar refractivity (Wildman–Crippen MR) is 110 cm³/mol. The van der Waals surface area contributed by atoms with Gasteiger partial charge in [-0.15, -0.1) is 0 Å². The molecule has 0 bridgehead atoms. The van der Waals surface area contributed by atoms with Gasteiger partial charge in [-0.3, -0.25) is 4.98 Å². The van der Waals surface area contributed by atoms with Crippen molar-refractivity contribution in [1.82, 2.24) is 10.3 Å². The number of anilines is 2. The van der Waals surface area contributed by atoms with Crippen LogP contribution in [-0.2, 0) is 0 Å². The Kier molecular flexibility index (Phi) is 4.61. The van der Waals surface area contributed by atoms with E-state index in [0.717, 1.165) is 16.5 Å². The van der Waals surface area contributed by atoms with Crippen molar-refractivity contribution in [3.05, 3.63) is 60.9 Å². The third-order valence-electron chi connectivity index (χ3n) is 5.84. The van der Waals surface area contributed by atoms with E-state index >= 15 is 0 Å². The van der Waals surface area contributed by atoms with Gasteiger partial charge < -0.3 is 20.3 Å². The van der Waals surface area contributed by atoms with E-state index < -0.39 is 6.61 Å². The van der Waals surface area contributed by atoms with Crippen LogP contribution in [0.25, 0.3) is 10.8 Å². The Morgan fingerprint density at radius 3 is 2.70 bits per heavy atom. The lowest BCUT2D eigenvalue weighted by Gasteiger charge is -2.24. The summed E-state index contributed by atoms with van der Waals surface area (Å²) >= 11 is 0. The van der Waals surface area contributed by atoms with Gasteiger partial charge in [0.05, 0.1) is 11.4 Å². The van der Waals surface area contributed by atoms with Crippen molar-refractivity contribution in [2.75, 3.05) is 23.3 Å². The smallest absolute Gasteiger partial charge is 0.387 e. The zero-order valence-electron chi connectivity index (χ0n) is 16.0. The average molecular weight is 410 g/mol. The lowest BCUT2D eigenvalue weighted by atomic mass is 10.1. The number of carbonyl (C=O) groups is 1. The number of pyridine rings is 1. The highest BCUT2D eigenvalue weighted by molar-refractivity contribution is 6.01. The number of halogens is 2. The van der Waals surface area contributed by atoms with E-state index in [1.165, 1.54) is 0 Å². The molecular formula is C22H20F2N4O2. The van der Waals surface area contributed by atoms with Crippen molar-refractivity contribution in [1.29, 1.82) is 0 Å². The van der Waals surface area contributed by atoms with E-state index in [2.05, 4.69) is 20.4 Å². The molecule has 8 heteroatoms. The van der Waals surface area contributed by atoms with E-state index in [1.807, 2.05) is 29.2 Å². The van der Waals surface area contributed by atoms with Crippen molar-refractivity contribution in [3.8, 4) is 5.75 Å². The minimum absolute atomic E-state index is 0.0843. The van der Waals surface area contributed by atoms with Gasteiger partial charge in [0.25, 0.3) is 0 Å². The van der Waals surface area contributed by atoms with Crippen LogP contribution in [0.1, 0.15) is 0 Å². The van der Waals surface area contributed by atoms with Crippen LogP contribution in [0.3, 0.4) is 0 Å². The van der Waals surface area contributed by atoms with E-state index in [-0.39, 0.29) is 17.8 Å². The summed E-state index contributed by atoms with van der Waals surface area (Å²) in [5.41, 5.74) is 1.40. The van der Waals surface area contributed by atoms with Gasteiger partial charge in [0.2, 0.25) is 0 Å². The van der Waals surface area contributed by atoms with Crippen LogP contribution in [0.5, 0.6) is 5.75 Å². The van der Waals surface area contributed by atoms with Gasteiger partial charge >= 0.3 is 12.6 Å². The molecule has 30 heavy (non-hydrogen) atoms. The number of para-hydroxylation sites is 2. The maximum Gasteiger partial charge on any atom is 0.387 e. The quantitative estimate of drug-likeness (QED) is 0.665. The summed E-state index contributed by atoms with van der Waals surface area (Å²) in [5.74, 6) is 0.778. The van der Waals surface area contributed by atoms with Crippen LogP contribution in [0.2, 0.25) is 0 Å².